The fourth-order valence-electron chi connectivity index (χ4n) is 3.51. The first kappa shape index (κ1) is 21.4. The quantitative estimate of drug-likeness (QED) is 0.512. The minimum atomic E-state index is -0.513. The number of phenols is 1. The van der Waals surface area contributed by atoms with Crippen LogP contribution in [0.5, 0.6) is 11.5 Å². The number of allylic oxidation sites excluding steroid dienone is 2. The molecule has 1 aromatic carbocycles. The lowest BCUT2D eigenvalue weighted by Crippen LogP contribution is -2.22. The molecule has 3 rings (SSSR count). The molecule has 1 aliphatic heterocycles. The third-order valence-corrected chi connectivity index (χ3v) is 5.26. The maximum absolute atomic E-state index is 12.1. The molecule has 1 amide bonds. The summed E-state index contributed by atoms with van der Waals surface area (Å²) in [5.74, 6) is -0.0836. The molecular weight excluding hydrogens is 384 g/mol. The molecule has 0 saturated carbocycles. The molecule has 0 spiro atoms. The number of hydrogen-bond donors (Lipinski definition) is 2. The van der Waals surface area contributed by atoms with Gasteiger partial charge in [0.2, 0.25) is 5.91 Å². The van der Waals surface area contributed by atoms with Gasteiger partial charge in [-0.2, -0.15) is 0 Å². The maximum atomic E-state index is 12.1. The zero-order valence-electron chi connectivity index (χ0n) is 17.4. The van der Waals surface area contributed by atoms with E-state index in [0.29, 0.717) is 42.7 Å². The van der Waals surface area contributed by atoms with Gasteiger partial charge >= 0.3 is 5.97 Å². The molecule has 2 N–H and O–H groups in total. The average molecular weight is 410 g/mol. The van der Waals surface area contributed by atoms with Crippen LogP contribution >= 0.6 is 0 Å². The number of nitrogens with zero attached hydrogens (tertiary/aromatic N) is 1. The molecule has 0 unspecified atom stereocenters. The van der Waals surface area contributed by atoms with Crippen molar-refractivity contribution in [2.75, 3.05) is 7.11 Å². The number of hydrogen-bond acceptors (Lipinski definition) is 6. The largest absolute Gasteiger partial charge is 0.507 e. The van der Waals surface area contributed by atoms with Crippen LogP contribution in [0.2, 0.25) is 0 Å². The van der Waals surface area contributed by atoms with Crippen molar-refractivity contribution in [3.63, 3.8) is 0 Å². The predicted octanol–water partition coefficient (Wildman–Crippen LogP) is 3.36. The Morgan fingerprint density at radius 2 is 2.20 bits per heavy atom. The van der Waals surface area contributed by atoms with Crippen molar-refractivity contribution in [3.8, 4) is 11.5 Å². The van der Waals surface area contributed by atoms with E-state index in [1.807, 2.05) is 32.1 Å². The molecule has 0 atom stereocenters. The van der Waals surface area contributed by atoms with Gasteiger partial charge in [0.05, 0.1) is 7.11 Å². The Kier molecular flexibility index (Phi) is 6.72. The number of rotatable bonds is 8. The lowest BCUT2D eigenvalue weighted by Gasteiger charge is -2.15. The molecule has 2 heterocycles. The number of phenolic OH excluding ortho intramolecular Hbond substituents is 1. The van der Waals surface area contributed by atoms with Gasteiger partial charge in [-0.15, -0.1) is 0 Å². The normalized spacial score (nSPS) is 13.0. The van der Waals surface area contributed by atoms with Crippen molar-refractivity contribution in [2.45, 2.75) is 46.3 Å². The van der Waals surface area contributed by atoms with E-state index < -0.39 is 5.97 Å². The molecule has 158 valence electrons. The number of pyridine rings is 1. The van der Waals surface area contributed by atoms with E-state index in [1.165, 1.54) is 0 Å². The van der Waals surface area contributed by atoms with Crippen LogP contribution in [0.25, 0.3) is 0 Å². The van der Waals surface area contributed by atoms with E-state index in [1.54, 1.807) is 19.5 Å². The smallest absolute Gasteiger partial charge is 0.342 e. The first-order valence-electron chi connectivity index (χ1n) is 9.82. The van der Waals surface area contributed by atoms with E-state index in [-0.39, 0.29) is 23.8 Å². The van der Waals surface area contributed by atoms with Crippen LogP contribution in [0, 0.1) is 6.92 Å². The monoisotopic (exact) mass is 410 g/mol. The number of methoxy groups -OCH3 is 1. The van der Waals surface area contributed by atoms with Gasteiger partial charge in [-0.3, -0.25) is 9.78 Å². The highest BCUT2D eigenvalue weighted by atomic mass is 16.5. The van der Waals surface area contributed by atoms with Crippen molar-refractivity contribution < 1.29 is 24.2 Å². The van der Waals surface area contributed by atoms with Gasteiger partial charge in [0.25, 0.3) is 0 Å². The Morgan fingerprint density at radius 3 is 2.90 bits per heavy atom. The molecule has 0 radical (unpaired) electrons. The molecule has 0 saturated heterocycles. The molecule has 0 aliphatic carbocycles. The summed E-state index contributed by atoms with van der Waals surface area (Å²) in [6.45, 7) is 4.39. The summed E-state index contributed by atoms with van der Waals surface area (Å²) < 4.78 is 10.6. The third-order valence-electron chi connectivity index (χ3n) is 5.26. The summed E-state index contributed by atoms with van der Waals surface area (Å²) in [5, 5.41) is 13.5. The number of amides is 1. The molecule has 0 fully saturated rings. The Morgan fingerprint density at radius 1 is 1.40 bits per heavy atom. The van der Waals surface area contributed by atoms with Crippen molar-refractivity contribution in [1.82, 2.24) is 10.3 Å². The Balaban J connectivity index is 1.63. The van der Waals surface area contributed by atoms with E-state index in [0.717, 1.165) is 16.7 Å². The molecule has 30 heavy (non-hydrogen) atoms. The minimum absolute atomic E-state index is 0.0387. The van der Waals surface area contributed by atoms with E-state index in [2.05, 4.69) is 10.3 Å². The van der Waals surface area contributed by atoms with Crippen molar-refractivity contribution >= 4 is 11.9 Å². The second-order valence-corrected chi connectivity index (χ2v) is 7.31. The number of benzene rings is 1. The molecule has 7 heteroatoms. The van der Waals surface area contributed by atoms with Gasteiger partial charge in [0.15, 0.2) is 0 Å². The Labute approximate surface area is 175 Å². The molecule has 1 aromatic heterocycles. The number of fused-ring (bicyclic) bond motifs is 1. The summed E-state index contributed by atoms with van der Waals surface area (Å²) in [5.41, 5.74) is 4.20. The summed E-state index contributed by atoms with van der Waals surface area (Å²) in [6, 6.07) is 3.74. The van der Waals surface area contributed by atoms with Gasteiger partial charge < -0.3 is 19.9 Å². The zero-order chi connectivity index (χ0) is 21.7. The highest BCUT2D eigenvalue weighted by molar-refractivity contribution is 5.98. The van der Waals surface area contributed by atoms with Crippen LogP contribution in [0.3, 0.4) is 0 Å². The van der Waals surface area contributed by atoms with E-state index in [9.17, 15) is 14.7 Å². The van der Waals surface area contributed by atoms with Crippen LogP contribution in [0.4, 0.5) is 0 Å². The summed E-state index contributed by atoms with van der Waals surface area (Å²) in [7, 11) is 1.54. The van der Waals surface area contributed by atoms with Crippen LogP contribution < -0.4 is 10.1 Å². The van der Waals surface area contributed by atoms with Gasteiger partial charge in [0, 0.05) is 36.5 Å². The number of esters is 1. The second kappa shape index (κ2) is 9.43. The fourth-order valence-corrected chi connectivity index (χ4v) is 3.51. The molecule has 1 aliphatic rings. The van der Waals surface area contributed by atoms with Crippen LogP contribution in [0.15, 0.2) is 36.2 Å². The standard InChI is InChI=1S/C23H26N2O5/c1-14(7-9-19(26)25-12-16-5-4-10-24-11-16)6-8-17-21(27)20-18(13-30-23(20)28)15(2)22(17)29-3/h4-6,10-11,27H,7-9,12-13H2,1-3H3,(H,25,26). The highest BCUT2D eigenvalue weighted by Crippen LogP contribution is 2.42. The van der Waals surface area contributed by atoms with Gasteiger partial charge in [0.1, 0.15) is 23.7 Å². The number of ether oxygens (including phenoxy) is 2. The molecule has 0 bridgehead atoms. The number of cyclic esters (lactones) is 1. The van der Waals surface area contributed by atoms with Crippen molar-refractivity contribution in [1.29, 1.82) is 0 Å². The van der Waals surface area contributed by atoms with Crippen LogP contribution in [-0.4, -0.2) is 29.1 Å². The summed E-state index contributed by atoms with van der Waals surface area (Å²) in [4.78, 5) is 28.1. The average Bonchev–Trinajstić information content (AvgIpc) is 3.15. The Hall–Kier alpha value is -3.35. The predicted molar refractivity (Wildman–Crippen MR) is 111 cm³/mol. The van der Waals surface area contributed by atoms with E-state index in [4.69, 9.17) is 9.47 Å². The second-order valence-electron chi connectivity index (χ2n) is 7.31. The number of carbonyl (C=O) groups is 2. The summed E-state index contributed by atoms with van der Waals surface area (Å²) in [6.07, 6.45) is 6.70. The number of aromatic hydroxyl groups is 1. The van der Waals surface area contributed by atoms with Gasteiger partial charge in [-0.1, -0.05) is 17.7 Å². The molecule has 7 nitrogen and oxygen atoms in total. The first-order chi connectivity index (χ1) is 14.4. The topological polar surface area (TPSA) is 97.8 Å². The van der Waals surface area contributed by atoms with Crippen molar-refractivity contribution in [2.24, 2.45) is 0 Å². The fraction of sp³-hybridized carbons (Fsp3) is 0.348. The number of aromatic nitrogens is 1. The third kappa shape index (κ3) is 4.62. The number of carbonyl (C=O) groups excluding carboxylic acids is 2. The lowest BCUT2D eigenvalue weighted by molar-refractivity contribution is -0.121. The van der Waals surface area contributed by atoms with Gasteiger partial charge in [-0.05, 0) is 43.9 Å². The summed E-state index contributed by atoms with van der Waals surface area (Å²) >= 11 is 0. The lowest BCUT2D eigenvalue weighted by atomic mass is 9.94. The van der Waals surface area contributed by atoms with Crippen LogP contribution in [0.1, 0.15) is 52.4 Å². The van der Waals surface area contributed by atoms with E-state index >= 15 is 0 Å². The Bertz CT molecular complexity index is 983. The SMILES string of the molecule is COc1c(C)c2c(c(O)c1CC=C(C)CCC(=O)NCc1cccnc1)C(=O)OC2. The van der Waals surface area contributed by atoms with Crippen molar-refractivity contribution in [3.05, 3.63) is 64.0 Å². The van der Waals surface area contributed by atoms with Gasteiger partial charge in [-0.25, -0.2) is 4.79 Å². The molecular formula is C23H26N2O5. The first-order valence-corrected chi connectivity index (χ1v) is 9.82. The maximum Gasteiger partial charge on any atom is 0.342 e. The number of nitrogens with one attached hydrogen (secondary N) is 1. The zero-order valence-corrected chi connectivity index (χ0v) is 17.4. The minimum Gasteiger partial charge on any atom is -0.507 e. The molecule has 2 aromatic rings. The van der Waals surface area contributed by atoms with Crippen LogP contribution in [-0.2, 0) is 29.1 Å². The highest BCUT2D eigenvalue weighted by Gasteiger charge is 2.31.